The first-order chi connectivity index (χ1) is 10.6. The van der Waals surface area contributed by atoms with Gasteiger partial charge in [-0.2, -0.15) is 0 Å². The van der Waals surface area contributed by atoms with Gasteiger partial charge in [-0.05, 0) is 25.5 Å². The molecular weight excluding hydrogens is 304 g/mol. The van der Waals surface area contributed by atoms with Gasteiger partial charge in [-0.25, -0.2) is 12.7 Å². The van der Waals surface area contributed by atoms with E-state index in [0.29, 0.717) is 38.6 Å². The number of hydrogen-bond donors (Lipinski definition) is 2. The maximum absolute atomic E-state index is 11.7. The first-order valence-electron chi connectivity index (χ1n) is 7.64. The van der Waals surface area contributed by atoms with Crippen molar-refractivity contribution in [2.45, 2.75) is 19.8 Å². The van der Waals surface area contributed by atoms with Gasteiger partial charge in [0.25, 0.3) is 0 Å². The zero-order chi connectivity index (χ0) is 15.8. The number of nitrogens with one attached hydrogen (secondary N) is 2. The predicted octanol–water partition coefficient (Wildman–Crippen LogP) is 0.413. The SMILES string of the molecule is CCNC(=NCCN1CCCS1(=O)=O)NCCc1ccco1. The predicted molar refractivity (Wildman–Crippen MR) is 86.4 cm³/mol. The van der Waals surface area contributed by atoms with Crippen LogP contribution in [0.15, 0.2) is 27.8 Å². The second kappa shape index (κ2) is 8.19. The molecule has 22 heavy (non-hydrogen) atoms. The summed E-state index contributed by atoms with van der Waals surface area (Å²) >= 11 is 0. The lowest BCUT2D eigenvalue weighted by molar-refractivity contribution is 0.452. The molecule has 7 nitrogen and oxygen atoms in total. The lowest BCUT2D eigenvalue weighted by atomic mass is 10.3. The van der Waals surface area contributed by atoms with E-state index in [4.69, 9.17) is 4.42 Å². The molecule has 0 aromatic carbocycles. The van der Waals surface area contributed by atoms with Crippen LogP contribution in [0, 0.1) is 0 Å². The van der Waals surface area contributed by atoms with E-state index in [1.807, 2.05) is 19.1 Å². The second-order valence-electron chi connectivity index (χ2n) is 5.09. The van der Waals surface area contributed by atoms with Gasteiger partial charge < -0.3 is 15.1 Å². The Kier molecular flexibility index (Phi) is 6.26. The molecule has 8 heteroatoms. The highest BCUT2D eigenvalue weighted by atomic mass is 32.2. The molecule has 1 aromatic heterocycles. The fraction of sp³-hybridized carbons (Fsp3) is 0.643. The van der Waals surface area contributed by atoms with Crippen molar-refractivity contribution in [2.75, 3.05) is 38.5 Å². The Morgan fingerprint density at radius 3 is 2.95 bits per heavy atom. The quantitative estimate of drug-likeness (QED) is 0.559. The zero-order valence-electron chi connectivity index (χ0n) is 12.9. The molecule has 2 heterocycles. The molecule has 0 saturated carbocycles. The molecule has 0 atom stereocenters. The van der Waals surface area contributed by atoms with Crippen LogP contribution in [0.2, 0.25) is 0 Å². The fourth-order valence-electron chi connectivity index (χ4n) is 2.32. The van der Waals surface area contributed by atoms with E-state index in [-0.39, 0.29) is 5.75 Å². The molecular formula is C14H24N4O3S. The maximum atomic E-state index is 11.7. The molecule has 2 rings (SSSR count). The van der Waals surface area contributed by atoms with Crippen molar-refractivity contribution in [3.05, 3.63) is 24.2 Å². The number of sulfonamides is 1. The van der Waals surface area contributed by atoms with Crippen LogP contribution in [0.25, 0.3) is 0 Å². The van der Waals surface area contributed by atoms with Gasteiger partial charge in [-0.1, -0.05) is 0 Å². The minimum absolute atomic E-state index is 0.262. The first kappa shape index (κ1) is 16.8. The Hall–Kier alpha value is -1.54. The number of nitrogens with zero attached hydrogens (tertiary/aromatic N) is 2. The van der Waals surface area contributed by atoms with Crippen LogP contribution in [-0.4, -0.2) is 57.2 Å². The largest absolute Gasteiger partial charge is 0.469 e. The van der Waals surface area contributed by atoms with Crippen LogP contribution < -0.4 is 10.6 Å². The molecule has 0 unspecified atom stereocenters. The minimum atomic E-state index is -3.03. The Bertz CT molecular complexity index is 569. The highest BCUT2D eigenvalue weighted by Crippen LogP contribution is 2.12. The van der Waals surface area contributed by atoms with Crippen LogP contribution in [0.1, 0.15) is 19.1 Å². The highest BCUT2D eigenvalue weighted by Gasteiger charge is 2.27. The average molecular weight is 328 g/mol. The normalized spacial score (nSPS) is 18.5. The van der Waals surface area contributed by atoms with E-state index >= 15 is 0 Å². The van der Waals surface area contributed by atoms with Crippen molar-refractivity contribution in [1.29, 1.82) is 0 Å². The summed E-state index contributed by atoms with van der Waals surface area (Å²) < 4.78 is 30.2. The highest BCUT2D eigenvalue weighted by molar-refractivity contribution is 7.89. The number of hydrogen-bond acceptors (Lipinski definition) is 4. The summed E-state index contributed by atoms with van der Waals surface area (Å²) in [6, 6.07) is 3.80. The van der Waals surface area contributed by atoms with Crippen molar-refractivity contribution >= 4 is 16.0 Å². The number of rotatable bonds is 7. The number of aliphatic imine (C=N–C) groups is 1. The molecule has 0 radical (unpaired) electrons. The summed E-state index contributed by atoms with van der Waals surface area (Å²) in [7, 11) is -3.03. The van der Waals surface area contributed by atoms with Gasteiger partial charge >= 0.3 is 0 Å². The van der Waals surface area contributed by atoms with Gasteiger partial charge in [0.15, 0.2) is 5.96 Å². The number of furan rings is 1. The first-order valence-corrected chi connectivity index (χ1v) is 9.25. The third-order valence-electron chi connectivity index (χ3n) is 3.41. The summed E-state index contributed by atoms with van der Waals surface area (Å²) in [6.07, 6.45) is 3.15. The third kappa shape index (κ3) is 5.03. The summed E-state index contributed by atoms with van der Waals surface area (Å²) in [5.41, 5.74) is 0. The summed E-state index contributed by atoms with van der Waals surface area (Å²) in [5, 5.41) is 6.37. The van der Waals surface area contributed by atoms with E-state index in [0.717, 1.165) is 18.7 Å². The summed E-state index contributed by atoms with van der Waals surface area (Å²) in [5.74, 6) is 1.88. The summed E-state index contributed by atoms with van der Waals surface area (Å²) in [6.45, 7) is 4.97. The van der Waals surface area contributed by atoms with Crippen LogP contribution in [-0.2, 0) is 16.4 Å². The standard InChI is InChI=1S/C14H24N4O3S/c1-2-15-14(16-7-6-13-5-3-11-21-13)17-8-10-18-9-4-12-22(18,19)20/h3,5,11H,2,4,6-10,12H2,1H3,(H2,15,16,17). The average Bonchev–Trinajstić information content (AvgIpc) is 3.09. The van der Waals surface area contributed by atoms with Gasteiger partial charge in [0.2, 0.25) is 10.0 Å². The smallest absolute Gasteiger partial charge is 0.214 e. The number of guanidine groups is 1. The van der Waals surface area contributed by atoms with Gasteiger partial charge in [-0.15, -0.1) is 0 Å². The van der Waals surface area contributed by atoms with Crippen molar-refractivity contribution in [3.8, 4) is 0 Å². The van der Waals surface area contributed by atoms with Gasteiger partial charge in [-0.3, -0.25) is 4.99 Å². The Labute approximate surface area is 131 Å². The van der Waals surface area contributed by atoms with Crippen LogP contribution in [0.4, 0.5) is 0 Å². The van der Waals surface area contributed by atoms with Crippen molar-refractivity contribution in [3.63, 3.8) is 0 Å². The van der Waals surface area contributed by atoms with Gasteiger partial charge in [0.05, 0.1) is 18.6 Å². The molecule has 1 saturated heterocycles. The van der Waals surface area contributed by atoms with Gasteiger partial charge in [0, 0.05) is 32.6 Å². The van der Waals surface area contributed by atoms with E-state index < -0.39 is 10.0 Å². The van der Waals surface area contributed by atoms with Gasteiger partial charge in [0.1, 0.15) is 5.76 Å². The summed E-state index contributed by atoms with van der Waals surface area (Å²) in [4.78, 5) is 4.42. The monoisotopic (exact) mass is 328 g/mol. The molecule has 2 N–H and O–H groups in total. The molecule has 1 aliphatic heterocycles. The molecule has 0 spiro atoms. The van der Waals surface area contributed by atoms with Crippen molar-refractivity contribution in [2.24, 2.45) is 4.99 Å². The van der Waals surface area contributed by atoms with E-state index in [2.05, 4.69) is 15.6 Å². The molecule has 1 aliphatic rings. The molecule has 0 bridgehead atoms. The second-order valence-corrected chi connectivity index (χ2v) is 7.17. The van der Waals surface area contributed by atoms with Crippen LogP contribution in [0.5, 0.6) is 0 Å². The van der Waals surface area contributed by atoms with Crippen molar-refractivity contribution < 1.29 is 12.8 Å². The Balaban J connectivity index is 1.76. The Morgan fingerprint density at radius 1 is 1.45 bits per heavy atom. The third-order valence-corrected chi connectivity index (χ3v) is 5.37. The van der Waals surface area contributed by atoms with E-state index in [9.17, 15) is 8.42 Å². The molecule has 124 valence electrons. The maximum Gasteiger partial charge on any atom is 0.214 e. The zero-order valence-corrected chi connectivity index (χ0v) is 13.7. The van der Waals surface area contributed by atoms with E-state index in [1.54, 1.807) is 6.26 Å². The topological polar surface area (TPSA) is 86.9 Å². The molecule has 0 amide bonds. The molecule has 1 fully saturated rings. The Morgan fingerprint density at radius 2 is 2.32 bits per heavy atom. The van der Waals surface area contributed by atoms with Crippen LogP contribution >= 0.6 is 0 Å². The lowest BCUT2D eigenvalue weighted by Crippen LogP contribution is -2.39. The minimum Gasteiger partial charge on any atom is -0.469 e. The molecule has 0 aliphatic carbocycles. The van der Waals surface area contributed by atoms with Crippen molar-refractivity contribution in [1.82, 2.24) is 14.9 Å². The lowest BCUT2D eigenvalue weighted by Gasteiger charge is -2.14. The molecule has 1 aromatic rings. The fourth-order valence-corrected chi connectivity index (χ4v) is 3.84. The van der Waals surface area contributed by atoms with E-state index in [1.165, 1.54) is 4.31 Å². The van der Waals surface area contributed by atoms with Crippen LogP contribution in [0.3, 0.4) is 0 Å².